The molecule has 0 radical (unpaired) electrons. The third kappa shape index (κ3) is 5.13. The van der Waals surface area contributed by atoms with E-state index in [9.17, 15) is 9.59 Å². The summed E-state index contributed by atoms with van der Waals surface area (Å²) in [6.07, 6.45) is 2.13. The second-order valence-corrected chi connectivity index (χ2v) is 6.87. The minimum Gasteiger partial charge on any atom is -0.295 e. The van der Waals surface area contributed by atoms with Gasteiger partial charge in [-0.2, -0.15) is 0 Å². The Labute approximate surface area is 156 Å². The topological polar surface area (TPSA) is 34.1 Å². The van der Waals surface area contributed by atoms with Crippen LogP contribution in [0, 0.1) is 13.8 Å². The largest absolute Gasteiger partial charge is 0.295 e. The third-order valence-electron chi connectivity index (χ3n) is 4.55. The maximum absolute atomic E-state index is 12.8. The smallest absolute Gasteiger partial charge is 0.162 e. The van der Waals surface area contributed by atoms with E-state index in [0.717, 1.165) is 27.8 Å². The zero-order chi connectivity index (χ0) is 19.3. The number of aryl methyl sites for hydroxylation is 2. The molecule has 0 aromatic heterocycles. The van der Waals surface area contributed by atoms with Crippen molar-refractivity contribution in [2.45, 2.75) is 41.0 Å². The molecule has 0 atom stereocenters. The van der Waals surface area contributed by atoms with Crippen molar-refractivity contribution in [2.24, 2.45) is 0 Å². The molecule has 2 aromatic rings. The van der Waals surface area contributed by atoms with Gasteiger partial charge in [-0.3, -0.25) is 9.59 Å². The minimum absolute atomic E-state index is 0.00498. The minimum atomic E-state index is -0.00498. The van der Waals surface area contributed by atoms with E-state index in [-0.39, 0.29) is 18.0 Å². The zero-order valence-corrected chi connectivity index (χ0v) is 16.2. The molecule has 0 bridgehead atoms. The zero-order valence-electron chi connectivity index (χ0n) is 16.2. The Balaban J connectivity index is 2.35. The van der Waals surface area contributed by atoms with Crippen LogP contribution in [-0.2, 0) is 9.59 Å². The molecule has 0 heterocycles. The number of hydrogen-bond acceptors (Lipinski definition) is 2. The van der Waals surface area contributed by atoms with Crippen molar-refractivity contribution in [2.75, 3.05) is 0 Å². The summed E-state index contributed by atoms with van der Waals surface area (Å²) in [6.45, 7) is 9.22. The Hall–Kier alpha value is -2.74. The summed E-state index contributed by atoms with van der Waals surface area (Å²) in [6, 6.07) is 16.0. The molecular weight excluding hydrogens is 320 g/mol. The predicted octanol–water partition coefficient (Wildman–Crippen LogP) is 5.73. The molecule has 0 fully saturated rings. The van der Waals surface area contributed by atoms with Crippen molar-refractivity contribution in [3.05, 3.63) is 81.9 Å². The summed E-state index contributed by atoms with van der Waals surface area (Å²) in [4.78, 5) is 24.8. The molecule has 0 aliphatic rings. The number of carbonyl (C=O) groups is 2. The van der Waals surface area contributed by atoms with Crippen molar-refractivity contribution < 1.29 is 9.59 Å². The standard InChI is InChI=1S/C24H26O2/c1-16-8-6-10-21(12-16)14-18(3)24(26)15-23(19(4)20(5)25)22-11-7-9-17(2)13-22/h6-14H,15H2,1-5H3. The number of benzene rings is 2. The van der Waals surface area contributed by atoms with Gasteiger partial charge in [-0.1, -0.05) is 59.7 Å². The van der Waals surface area contributed by atoms with Crippen molar-refractivity contribution in [3.8, 4) is 0 Å². The van der Waals surface area contributed by atoms with Gasteiger partial charge in [0, 0.05) is 6.42 Å². The van der Waals surface area contributed by atoms with Gasteiger partial charge in [-0.05, 0) is 68.5 Å². The molecule has 2 heteroatoms. The molecule has 0 saturated heterocycles. The molecule has 2 aromatic carbocycles. The van der Waals surface area contributed by atoms with E-state index >= 15 is 0 Å². The van der Waals surface area contributed by atoms with Crippen LogP contribution in [0.4, 0.5) is 0 Å². The number of hydrogen-bond donors (Lipinski definition) is 0. The lowest BCUT2D eigenvalue weighted by molar-refractivity contribution is -0.114. The van der Waals surface area contributed by atoms with Crippen LogP contribution in [0.5, 0.6) is 0 Å². The van der Waals surface area contributed by atoms with Crippen LogP contribution in [0.3, 0.4) is 0 Å². The Bertz CT molecular complexity index is 898. The molecule has 0 spiro atoms. The average molecular weight is 346 g/mol. The first-order valence-corrected chi connectivity index (χ1v) is 8.84. The van der Waals surface area contributed by atoms with E-state index in [1.165, 1.54) is 0 Å². The van der Waals surface area contributed by atoms with Crippen LogP contribution in [0.1, 0.15) is 49.4 Å². The normalized spacial score (nSPS) is 12.6. The van der Waals surface area contributed by atoms with Gasteiger partial charge in [0.05, 0.1) is 0 Å². The molecule has 0 aliphatic heterocycles. The van der Waals surface area contributed by atoms with E-state index in [0.29, 0.717) is 11.1 Å². The SMILES string of the molecule is CC(=O)C(C)=C(CC(=O)C(C)=Cc1cccc(C)c1)c1cccc(C)c1. The van der Waals surface area contributed by atoms with Crippen LogP contribution < -0.4 is 0 Å². The number of ketones is 2. The highest BCUT2D eigenvalue weighted by Crippen LogP contribution is 2.26. The fourth-order valence-corrected chi connectivity index (χ4v) is 2.89. The highest BCUT2D eigenvalue weighted by Gasteiger charge is 2.15. The van der Waals surface area contributed by atoms with E-state index in [1.807, 2.05) is 69.3 Å². The van der Waals surface area contributed by atoms with Gasteiger partial charge in [0.2, 0.25) is 0 Å². The lowest BCUT2D eigenvalue weighted by atomic mass is 9.91. The van der Waals surface area contributed by atoms with Crippen LogP contribution in [0.15, 0.2) is 59.7 Å². The maximum Gasteiger partial charge on any atom is 0.162 e. The Morgan fingerprint density at radius 3 is 2.08 bits per heavy atom. The third-order valence-corrected chi connectivity index (χ3v) is 4.55. The molecule has 0 saturated carbocycles. The van der Waals surface area contributed by atoms with E-state index in [2.05, 4.69) is 6.07 Å². The molecular formula is C24H26O2. The average Bonchev–Trinajstić information content (AvgIpc) is 2.58. The molecule has 2 nitrogen and oxygen atoms in total. The van der Waals surface area contributed by atoms with Crippen molar-refractivity contribution in [1.82, 2.24) is 0 Å². The Morgan fingerprint density at radius 1 is 0.885 bits per heavy atom. The van der Waals surface area contributed by atoms with Crippen LogP contribution in [-0.4, -0.2) is 11.6 Å². The molecule has 0 unspecified atom stereocenters. The first-order chi connectivity index (χ1) is 12.3. The van der Waals surface area contributed by atoms with Gasteiger partial charge in [0.1, 0.15) is 0 Å². The number of rotatable bonds is 6. The molecule has 0 N–H and O–H groups in total. The summed E-state index contributed by atoms with van der Waals surface area (Å²) in [7, 11) is 0. The monoisotopic (exact) mass is 346 g/mol. The lowest BCUT2D eigenvalue weighted by Crippen LogP contribution is -2.06. The first kappa shape index (κ1) is 19.6. The highest BCUT2D eigenvalue weighted by atomic mass is 16.1. The summed E-state index contributed by atoms with van der Waals surface area (Å²) >= 11 is 0. The van der Waals surface area contributed by atoms with Gasteiger partial charge < -0.3 is 0 Å². The molecule has 2 rings (SSSR count). The van der Waals surface area contributed by atoms with Crippen LogP contribution >= 0.6 is 0 Å². The summed E-state index contributed by atoms with van der Waals surface area (Å²) in [5.41, 5.74) is 6.37. The fraction of sp³-hybridized carbons (Fsp3) is 0.250. The quantitative estimate of drug-likeness (QED) is 0.626. The molecule has 0 amide bonds. The lowest BCUT2D eigenvalue weighted by Gasteiger charge is -2.12. The van der Waals surface area contributed by atoms with Gasteiger partial charge in [0.15, 0.2) is 11.6 Å². The predicted molar refractivity (Wildman–Crippen MR) is 109 cm³/mol. The summed E-state index contributed by atoms with van der Waals surface area (Å²) in [5, 5.41) is 0. The first-order valence-electron chi connectivity index (χ1n) is 8.84. The molecule has 26 heavy (non-hydrogen) atoms. The highest BCUT2D eigenvalue weighted by molar-refractivity contribution is 6.09. The second-order valence-electron chi connectivity index (χ2n) is 6.87. The maximum atomic E-state index is 12.8. The second kappa shape index (κ2) is 8.57. The molecule has 134 valence electrons. The van der Waals surface area contributed by atoms with Crippen molar-refractivity contribution in [1.29, 1.82) is 0 Å². The number of allylic oxidation sites excluding steroid dienone is 3. The van der Waals surface area contributed by atoms with E-state index in [1.54, 1.807) is 13.8 Å². The fourth-order valence-electron chi connectivity index (χ4n) is 2.89. The number of carbonyl (C=O) groups excluding carboxylic acids is 2. The number of Topliss-reactive ketones (excluding diaryl/α,β-unsaturated/α-hetero) is 2. The molecule has 0 aliphatic carbocycles. The summed E-state index contributed by atoms with van der Waals surface area (Å²) in [5.74, 6) is 0.0261. The van der Waals surface area contributed by atoms with E-state index in [4.69, 9.17) is 0 Å². The van der Waals surface area contributed by atoms with Gasteiger partial charge in [-0.15, -0.1) is 0 Å². The van der Waals surface area contributed by atoms with Crippen molar-refractivity contribution >= 4 is 23.2 Å². The summed E-state index contributed by atoms with van der Waals surface area (Å²) < 4.78 is 0. The van der Waals surface area contributed by atoms with Gasteiger partial charge >= 0.3 is 0 Å². The van der Waals surface area contributed by atoms with Crippen LogP contribution in [0.2, 0.25) is 0 Å². The van der Waals surface area contributed by atoms with Crippen LogP contribution in [0.25, 0.3) is 11.6 Å². The Morgan fingerprint density at radius 2 is 1.50 bits per heavy atom. The van der Waals surface area contributed by atoms with Gasteiger partial charge in [-0.25, -0.2) is 0 Å². The van der Waals surface area contributed by atoms with Crippen molar-refractivity contribution in [3.63, 3.8) is 0 Å². The van der Waals surface area contributed by atoms with E-state index < -0.39 is 0 Å². The Kier molecular flexibility index (Phi) is 6.46. The van der Waals surface area contributed by atoms with Gasteiger partial charge in [0.25, 0.3) is 0 Å².